The Morgan fingerprint density at radius 1 is 1.53 bits per heavy atom. The molecule has 5 heteroatoms. The van der Waals surface area contributed by atoms with E-state index in [0.29, 0.717) is 6.54 Å². The van der Waals surface area contributed by atoms with Crippen LogP contribution in [0.5, 0.6) is 0 Å². The van der Waals surface area contributed by atoms with E-state index in [-0.39, 0.29) is 5.91 Å². The van der Waals surface area contributed by atoms with E-state index >= 15 is 0 Å². The largest absolute Gasteiger partial charge is 0.349 e. The summed E-state index contributed by atoms with van der Waals surface area (Å²) >= 11 is 5.72. The van der Waals surface area contributed by atoms with Gasteiger partial charge in [-0.3, -0.25) is 9.48 Å². The molecule has 0 saturated heterocycles. The summed E-state index contributed by atoms with van der Waals surface area (Å²) in [5, 5.41) is 6.86. The molecule has 4 nitrogen and oxygen atoms in total. The van der Waals surface area contributed by atoms with Crippen molar-refractivity contribution in [1.29, 1.82) is 0 Å². The number of alkyl halides is 1. The Labute approximate surface area is 106 Å². The standard InChI is InChI=1S/C12H18ClN3O/c1-8(13)12(17)14-7-11-9-5-3-4-6-10(9)15-16(11)2/h8H,3-7H2,1-2H3,(H,14,17). The molecule has 0 saturated carbocycles. The number of amides is 1. The number of nitrogens with zero attached hydrogens (tertiary/aromatic N) is 2. The predicted molar refractivity (Wildman–Crippen MR) is 67.0 cm³/mol. The van der Waals surface area contributed by atoms with Crippen LogP contribution in [0.25, 0.3) is 0 Å². The second kappa shape index (κ2) is 5.08. The van der Waals surface area contributed by atoms with Crippen molar-refractivity contribution in [3.63, 3.8) is 0 Å². The number of rotatable bonds is 3. The molecule has 17 heavy (non-hydrogen) atoms. The minimum absolute atomic E-state index is 0.127. The molecule has 2 rings (SSSR count). The van der Waals surface area contributed by atoms with Crippen molar-refractivity contribution < 1.29 is 4.79 Å². The number of hydrogen-bond acceptors (Lipinski definition) is 2. The van der Waals surface area contributed by atoms with Gasteiger partial charge in [-0.1, -0.05) is 0 Å². The summed E-state index contributed by atoms with van der Waals surface area (Å²) in [5.74, 6) is -0.127. The third-order valence-electron chi connectivity index (χ3n) is 3.24. The van der Waals surface area contributed by atoms with Gasteiger partial charge in [0, 0.05) is 7.05 Å². The monoisotopic (exact) mass is 255 g/mol. The van der Waals surface area contributed by atoms with Crippen LogP contribution in [0.4, 0.5) is 0 Å². The highest BCUT2D eigenvalue weighted by Crippen LogP contribution is 2.23. The topological polar surface area (TPSA) is 46.9 Å². The van der Waals surface area contributed by atoms with E-state index in [4.69, 9.17) is 11.6 Å². The van der Waals surface area contributed by atoms with Gasteiger partial charge in [-0.05, 0) is 38.2 Å². The van der Waals surface area contributed by atoms with Crippen molar-refractivity contribution in [1.82, 2.24) is 15.1 Å². The first-order chi connectivity index (χ1) is 8.09. The van der Waals surface area contributed by atoms with Crippen LogP contribution in [-0.4, -0.2) is 21.1 Å². The molecule has 1 aliphatic carbocycles. The van der Waals surface area contributed by atoms with Gasteiger partial charge in [0.25, 0.3) is 0 Å². The normalized spacial score (nSPS) is 16.4. The van der Waals surface area contributed by atoms with Crippen molar-refractivity contribution >= 4 is 17.5 Å². The smallest absolute Gasteiger partial charge is 0.238 e. The van der Waals surface area contributed by atoms with Crippen LogP contribution in [0.2, 0.25) is 0 Å². The molecule has 1 atom stereocenters. The van der Waals surface area contributed by atoms with Crippen LogP contribution < -0.4 is 5.32 Å². The molecule has 0 aliphatic heterocycles. The molecule has 1 aromatic heterocycles. The molecule has 94 valence electrons. The Hall–Kier alpha value is -1.03. The first-order valence-corrected chi connectivity index (χ1v) is 6.48. The molecular formula is C12H18ClN3O. The van der Waals surface area contributed by atoms with Crippen LogP contribution in [0.3, 0.4) is 0 Å². The van der Waals surface area contributed by atoms with Gasteiger partial charge in [0.15, 0.2) is 0 Å². The highest BCUT2D eigenvalue weighted by Gasteiger charge is 2.19. The van der Waals surface area contributed by atoms with E-state index in [1.165, 1.54) is 24.1 Å². The molecule has 0 spiro atoms. The van der Waals surface area contributed by atoms with Gasteiger partial charge >= 0.3 is 0 Å². The average Bonchev–Trinajstić information content (AvgIpc) is 2.61. The molecule has 0 radical (unpaired) electrons. The SMILES string of the molecule is CC(Cl)C(=O)NCc1c2c(nn1C)CCCC2. The van der Waals surface area contributed by atoms with Gasteiger partial charge in [-0.25, -0.2) is 0 Å². The lowest BCUT2D eigenvalue weighted by atomic mass is 9.96. The number of fused-ring (bicyclic) bond motifs is 1. The fraction of sp³-hybridized carbons (Fsp3) is 0.667. The maximum absolute atomic E-state index is 11.4. The Balaban J connectivity index is 2.10. The molecule has 0 bridgehead atoms. The fourth-order valence-electron chi connectivity index (χ4n) is 2.28. The lowest BCUT2D eigenvalue weighted by molar-refractivity contribution is -0.120. The lowest BCUT2D eigenvalue weighted by Crippen LogP contribution is -2.30. The highest BCUT2D eigenvalue weighted by molar-refractivity contribution is 6.30. The second-order valence-corrected chi connectivity index (χ2v) is 5.19. The van der Waals surface area contributed by atoms with Crippen molar-refractivity contribution in [2.75, 3.05) is 0 Å². The molecule has 1 amide bonds. The molecule has 0 aromatic carbocycles. The van der Waals surface area contributed by atoms with Gasteiger partial charge in [0.2, 0.25) is 5.91 Å². The summed E-state index contributed by atoms with van der Waals surface area (Å²) in [4.78, 5) is 11.4. The predicted octanol–water partition coefficient (Wildman–Crippen LogP) is 1.54. The Kier molecular flexibility index (Phi) is 3.72. The first kappa shape index (κ1) is 12.4. The first-order valence-electron chi connectivity index (χ1n) is 6.05. The molecule has 1 aliphatic rings. The summed E-state index contributed by atoms with van der Waals surface area (Å²) in [7, 11) is 1.93. The van der Waals surface area contributed by atoms with Crippen LogP contribution >= 0.6 is 11.6 Å². The highest BCUT2D eigenvalue weighted by atomic mass is 35.5. The van der Waals surface area contributed by atoms with Gasteiger partial charge < -0.3 is 5.32 Å². The number of carbonyl (C=O) groups excluding carboxylic acids is 1. The van der Waals surface area contributed by atoms with Crippen molar-refractivity contribution in [3.8, 4) is 0 Å². The number of nitrogens with one attached hydrogen (secondary N) is 1. The van der Waals surface area contributed by atoms with Gasteiger partial charge in [-0.15, -0.1) is 11.6 Å². The van der Waals surface area contributed by atoms with Crippen LogP contribution in [0, 0.1) is 0 Å². The average molecular weight is 256 g/mol. The third kappa shape index (κ3) is 2.63. The quantitative estimate of drug-likeness (QED) is 0.833. The summed E-state index contributed by atoms with van der Waals surface area (Å²) in [5.41, 5.74) is 3.63. The van der Waals surface area contributed by atoms with E-state index in [2.05, 4.69) is 10.4 Å². The molecule has 1 unspecified atom stereocenters. The molecular weight excluding hydrogens is 238 g/mol. The van der Waals surface area contributed by atoms with E-state index in [1.54, 1.807) is 6.92 Å². The Morgan fingerprint density at radius 3 is 2.94 bits per heavy atom. The molecule has 1 aromatic rings. The van der Waals surface area contributed by atoms with Crippen molar-refractivity contribution in [3.05, 3.63) is 17.0 Å². The zero-order valence-electron chi connectivity index (χ0n) is 10.3. The maximum Gasteiger partial charge on any atom is 0.238 e. The van der Waals surface area contributed by atoms with E-state index in [0.717, 1.165) is 18.5 Å². The van der Waals surface area contributed by atoms with E-state index in [9.17, 15) is 4.79 Å². The van der Waals surface area contributed by atoms with Crippen LogP contribution in [0.1, 0.15) is 36.7 Å². The fourth-order valence-corrected chi connectivity index (χ4v) is 2.36. The molecule has 1 heterocycles. The summed E-state index contributed by atoms with van der Waals surface area (Å²) in [6.07, 6.45) is 4.56. The number of hydrogen-bond donors (Lipinski definition) is 1. The van der Waals surface area contributed by atoms with Crippen molar-refractivity contribution in [2.24, 2.45) is 7.05 Å². The minimum atomic E-state index is -0.487. The Morgan fingerprint density at radius 2 is 2.24 bits per heavy atom. The summed E-state index contributed by atoms with van der Waals surface area (Å²) in [6.45, 7) is 2.20. The zero-order valence-corrected chi connectivity index (χ0v) is 11.0. The van der Waals surface area contributed by atoms with Gasteiger partial charge in [0.1, 0.15) is 5.38 Å². The lowest BCUT2D eigenvalue weighted by Gasteiger charge is -2.12. The minimum Gasteiger partial charge on any atom is -0.349 e. The second-order valence-electron chi connectivity index (χ2n) is 4.54. The van der Waals surface area contributed by atoms with Crippen LogP contribution in [0.15, 0.2) is 0 Å². The Bertz CT molecular complexity index is 426. The van der Waals surface area contributed by atoms with Crippen molar-refractivity contribution in [2.45, 2.75) is 44.5 Å². The molecule has 0 fully saturated rings. The maximum atomic E-state index is 11.4. The van der Waals surface area contributed by atoms with Crippen LogP contribution in [-0.2, 0) is 31.2 Å². The number of halogens is 1. The van der Waals surface area contributed by atoms with Gasteiger partial charge in [-0.2, -0.15) is 5.10 Å². The van der Waals surface area contributed by atoms with E-state index in [1.807, 2.05) is 11.7 Å². The summed E-state index contributed by atoms with van der Waals surface area (Å²) in [6, 6.07) is 0. The number of carbonyl (C=O) groups is 1. The van der Waals surface area contributed by atoms with Gasteiger partial charge in [0.05, 0.1) is 17.9 Å². The van der Waals surface area contributed by atoms with E-state index < -0.39 is 5.38 Å². The molecule has 1 N–H and O–H groups in total. The zero-order chi connectivity index (χ0) is 12.4. The number of aromatic nitrogens is 2. The third-order valence-corrected chi connectivity index (χ3v) is 3.44. The number of aryl methyl sites for hydroxylation is 2. The summed E-state index contributed by atoms with van der Waals surface area (Å²) < 4.78 is 1.88.